The van der Waals surface area contributed by atoms with Crippen molar-refractivity contribution in [3.63, 3.8) is 0 Å². The highest BCUT2D eigenvalue weighted by Crippen LogP contribution is 2.22. The number of benzene rings is 1. The molecule has 0 radical (unpaired) electrons. The number of nitrogens with one attached hydrogen (secondary N) is 5. The third-order valence-electron chi connectivity index (χ3n) is 8.52. The zero-order valence-electron chi connectivity index (χ0n) is 29.6. The molecule has 50 heavy (non-hydrogen) atoms. The average Bonchev–Trinajstić information content (AvgIpc) is 3.74. The fraction of sp³-hybridized carbons (Fsp3) is 0.571. The first kappa shape index (κ1) is 39.6. The van der Waals surface area contributed by atoms with Crippen LogP contribution in [-0.4, -0.2) is 99.8 Å². The Morgan fingerprint density at radius 2 is 1.60 bits per heavy atom. The molecule has 2 heterocycles. The van der Waals surface area contributed by atoms with Crippen molar-refractivity contribution in [2.75, 3.05) is 13.2 Å². The summed E-state index contributed by atoms with van der Waals surface area (Å²) >= 11 is 0. The molecule has 0 aliphatic carbocycles. The summed E-state index contributed by atoms with van der Waals surface area (Å²) in [7, 11) is 0. The maximum atomic E-state index is 13.7. The minimum Gasteiger partial charge on any atom is -0.376 e. The molecule has 1 aromatic carbocycles. The van der Waals surface area contributed by atoms with Crippen molar-refractivity contribution in [3.8, 4) is 0 Å². The van der Waals surface area contributed by atoms with E-state index in [1.807, 2.05) is 32.0 Å². The van der Waals surface area contributed by atoms with Crippen LogP contribution >= 0.6 is 0 Å². The van der Waals surface area contributed by atoms with Gasteiger partial charge in [0.05, 0.1) is 12.4 Å². The Labute approximate surface area is 293 Å². The quantitative estimate of drug-likeness (QED) is 0.113. The first-order valence-corrected chi connectivity index (χ1v) is 17.2. The number of hydrogen-bond donors (Lipinski definition) is 6. The molecule has 1 saturated heterocycles. The zero-order chi connectivity index (χ0) is 36.8. The van der Waals surface area contributed by atoms with Gasteiger partial charge in [-0.25, -0.2) is 4.98 Å². The van der Waals surface area contributed by atoms with Gasteiger partial charge in [-0.1, -0.05) is 44.2 Å². The molecule has 6 atom stereocenters. The van der Waals surface area contributed by atoms with Gasteiger partial charge in [0.25, 0.3) is 0 Å². The Morgan fingerprint density at radius 3 is 2.22 bits per heavy atom. The number of carbonyl (C=O) groups is 6. The second-order valence-corrected chi connectivity index (χ2v) is 13.3. The van der Waals surface area contributed by atoms with Crippen LogP contribution in [0.3, 0.4) is 0 Å². The fourth-order valence-corrected chi connectivity index (χ4v) is 5.70. The third kappa shape index (κ3) is 12.6. The fourth-order valence-electron chi connectivity index (χ4n) is 5.70. The number of aromatic amines is 1. The molecule has 6 amide bonds. The van der Waals surface area contributed by atoms with Crippen LogP contribution < -0.4 is 27.0 Å². The van der Waals surface area contributed by atoms with Gasteiger partial charge in [-0.15, -0.1) is 0 Å². The van der Waals surface area contributed by atoms with Crippen molar-refractivity contribution in [2.24, 2.45) is 11.7 Å². The smallest absolute Gasteiger partial charge is 0.243 e. The van der Waals surface area contributed by atoms with Crippen molar-refractivity contribution in [3.05, 3.63) is 54.1 Å². The molecule has 0 spiro atoms. The molecule has 1 fully saturated rings. The van der Waals surface area contributed by atoms with Crippen molar-refractivity contribution >= 4 is 35.4 Å². The summed E-state index contributed by atoms with van der Waals surface area (Å²) in [6.45, 7) is 8.81. The lowest BCUT2D eigenvalue weighted by molar-refractivity contribution is -0.138. The van der Waals surface area contributed by atoms with Gasteiger partial charge >= 0.3 is 0 Å². The first-order valence-electron chi connectivity index (χ1n) is 17.2. The van der Waals surface area contributed by atoms with E-state index in [4.69, 9.17) is 10.5 Å². The molecule has 7 N–H and O–H groups in total. The van der Waals surface area contributed by atoms with E-state index in [1.165, 1.54) is 43.8 Å². The predicted octanol–water partition coefficient (Wildman–Crippen LogP) is 0.492. The van der Waals surface area contributed by atoms with Crippen molar-refractivity contribution in [1.82, 2.24) is 36.1 Å². The van der Waals surface area contributed by atoms with Crippen molar-refractivity contribution < 1.29 is 33.5 Å². The van der Waals surface area contributed by atoms with E-state index >= 15 is 0 Å². The number of aryl methyl sites for hydroxylation is 1. The van der Waals surface area contributed by atoms with E-state index < -0.39 is 59.7 Å². The van der Waals surface area contributed by atoms with E-state index in [0.717, 1.165) is 19.3 Å². The van der Waals surface area contributed by atoms with E-state index in [0.29, 0.717) is 18.7 Å². The number of likely N-dealkylation sites (tertiary alicyclic amines) is 1. The predicted molar refractivity (Wildman–Crippen MR) is 185 cm³/mol. The summed E-state index contributed by atoms with van der Waals surface area (Å²) in [5.41, 5.74) is 7.03. The molecule has 1 aromatic heterocycles. The first-order chi connectivity index (χ1) is 23.7. The number of primary amides is 1. The van der Waals surface area contributed by atoms with E-state index in [2.05, 4.69) is 43.4 Å². The van der Waals surface area contributed by atoms with E-state index in [-0.39, 0.29) is 37.3 Å². The molecule has 0 bridgehead atoms. The topological polar surface area (TPSA) is 218 Å². The van der Waals surface area contributed by atoms with Gasteiger partial charge in [-0.3, -0.25) is 28.8 Å². The lowest BCUT2D eigenvalue weighted by Gasteiger charge is -2.27. The van der Waals surface area contributed by atoms with Crippen molar-refractivity contribution in [2.45, 2.75) is 109 Å². The third-order valence-corrected chi connectivity index (χ3v) is 8.52. The van der Waals surface area contributed by atoms with Crippen LogP contribution in [0.1, 0.15) is 71.6 Å². The molecule has 15 heteroatoms. The summed E-state index contributed by atoms with van der Waals surface area (Å²) < 4.78 is 6.07. The maximum Gasteiger partial charge on any atom is 0.243 e. The van der Waals surface area contributed by atoms with Crippen molar-refractivity contribution in [1.29, 1.82) is 0 Å². The Balaban J connectivity index is 1.64. The lowest BCUT2D eigenvalue weighted by Crippen LogP contribution is -2.58. The standard InChI is InChI=1S/C35H52N8O7/c1-21(2)15-28(34(48)41-29(16-26-18-37-20-38-26)33(47)40-23(4)32(46)39-22(3)31(36)45)42-35(49)30-17-27(19-43(30)24(5)44)50-14-10-9-13-25-11-7-6-8-12-25/h6-8,11-12,18,20-23,27-30H,9-10,13-17,19H2,1-5H3,(H2,36,45)(H,37,38)(H,39,46)(H,40,47)(H,41,48)(H,42,49)/t22-,23-,27+,28-,29-,30-/m0/s1. The summed E-state index contributed by atoms with van der Waals surface area (Å²) in [6.07, 6.45) is 5.89. The Kier molecular flexibility index (Phi) is 15.4. The highest BCUT2D eigenvalue weighted by atomic mass is 16.5. The van der Waals surface area contributed by atoms with Gasteiger partial charge in [-0.05, 0) is 51.0 Å². The molecule has 274 valence electrons. The number of nitrogens with two attached hydrogens (primary N) is 1. The molecular formula is C35H52N8O7. The number of carbonyl (C=O) groups excluding carboxylic acids is 6. The lowest BCUT2D eigenvalue weighted by atomic mass is 10.0. The Hall–Kier alpha value is -4.79. The molecule has 3 rings (SSSR count). The monoisotopic (exact) mass is 696 g/mol. The molecule has 1 aliphatic heterocycles. The van der Waals surface area contributed by atoms with Crippen LogP contribution in [0, 0.1) is 5.92 Å². The number of hydrogen-bond acceptors (Lipinski definition) is 8. The molecular weight excluding hydrogens is 644 g/mol. The van der Waals surface area contributed by atoms with Gasteiger partial charge in [0.15, 0.2) is 0 Å². The summed E-state index contributed by atoms with van der Waals surface area (Å²) in [4.78, 5) is 85.6. The zero-order valence-corrected chi connectivity index (χ0v) is 29.6. The number of imidazole rings is 1. The van der Waals surface area contributed by atoms with Crippen LogP contribution in [0.15, 0.2) is 42.9 Å². The number of unbranched alkanes of at least 4 members (excludes halogenated alkanes) is 1. The maximum absolute atomic E-state index is 13.7. The number of nitrogens with zero attached hydrogens (tertiary/aromatic N) is 2. The average molecular weight is 697 g/mol. The molecule has 15 nitrogen and oxygen atoms in total. The number of rotatable bonds is 19. The summed E-state index contributed by atoms with van der Waals surface area (Å²) in [5.74, 6) is -3.42. The van der Waals surface area contributed by atoms with Crippen LogP contribution in [0.5, 0.6) is 0 Å². The second-order valence-electron chi connectivity index (χ2n) is 13.3. The van der Waals surface area contributed by atoms with Crippen LogP contribution in [-0.2, 0) is 46.3 Å². The normalized spacial score (nSPS) is 18.1. The van der Waals surface area contributed by atoms with Gasteiger partial charge in [0, 0.05) is 44.8 Å². The summed E-state index contributed by atoms with van der Waals surface area (Å²) in [6, 6.07) is 5.17. The van der Waals surface area contributed by atoms with Gasteiger partial charge in [0.1, 0.15) is 30.2 Å². The van der Waals surface area contributed by atoms with Crippen LogP contribution in [0.4, 0.5) is 0 Å². The number of aromatic nitrogens is 2. The highest BCUT2D eigenvalue weighted by molar-refractivity contribution is 5.96. The minimum atomic E-state index is -1.15. The van der Waals surface area contributed by atoms with Gasteiger partial charge in [0.2, 0.25) is 35.4 Å². The molecule has 0 unspecified atom stereocenters. The molecule has 0 saturated carbocycles. The van der Waals surface area contributed by atoms with E-state index in [1.54, 1.807) is 0 Å². The van der Waals surface area contributed by atoms with Gasteiger partial charge in [-0.2, -0.15) is 0 Å². The molecule has 2 aromatic rings. The van der Waals surface area contributed by atoms with Crippen LogP contribution in [0.2, 0.25) is 0 Å². The number of amides is 6. The van der Waals surface area contributed by atoms with E-state index in [9.17, 15) is 28.8 Å². The molecule has 1 aliphatic rings. The highest BCUT2D eigenvalue weighted by Gasteiger charge is 2.40. The Bertz CT molecular complexity index is 1440. The number of ether oxygens (including phenoxy) is 1. The second kappa shape index (κ2) is 19.4. The SMILES string of the molecule is CC(=O)N1C[C@H](OCCCCc2ccccc2)C[C@H]1C(=O)N[C@@H](CC(C)C)C(=O)N[C@@H](Cc1cnc[nH]1)C(=O)N[C@@H](C)C(=O)N[C@@H](C)C(N)=O. The number of H-pyrrole nitrogens is 1. The summed E-state index contributed by atoms with van der Waals surface area (Å²) in [5, 5.41) is 10.5. The Morgan fingerprint density at radius 1 is 0.920 bits per heavy atom. The largest absolute Gasteiger partial charge is 0.376 e. The minimum absolute atomic E-state index is 0.0110. The van der Waals surface area contributed by atoms with Gasteiger partial charge < -0.3 is 41.6 Å². The van der Waals surface area contributed by atoms with Crippen LogP contribution in [0.25, 0.3) is 0 Å².